The maximum atomic E-state index is 12.1. The van der Waals surface area contributed by atoms with Crippen LogP contribution in [-0.2, 0) is 15.0 Å². The Kier molecular flexibility index (Phi) is 6.06. The maximum absolute atomic E-state index is 12.1. The van der Waals surface area contributed by atoms with Crippen molar-refractivity contribution in [3.8, 4) is 12.3 Å². The van der Waals surface area contributed by atoms with Crippen LogP contribution < -0.4 is 5.32 Å². The van der Waals surface area contributed by atoms with Gasteiger partial charge in [0.05, 0.1) is 12.4 Å². The highest BCUT2D eigenvalue weighted by molar-refractivity contribution is 5.93. The van der Waals surface area contributed by atoms with Crippen LogP contribution in [0.5, 0.6) is 0 Å². The molecule has 146 valence electrons. The molecule has 0 fully saturated rings. The number of ether oxygens (including phenoxy) is 2. The van der Waals surface area contributed by atoms with E-state index in [-0.39, 0.29) is 11.9 Å². The number of fused-ring (bicyclic) bond motifs is 1. The van der Waals surface area contributed by atoms with Crippen LogP contribution >= 0.6 is 0 Å². The molecule has 8 heteroatoms. The van der Waals surface area contributed by atoms with Gasteiger partial charge in [-0.1, -0.05) is 12.8 Å². The van der Waals surface area contributed by atoms with Crippen molar-refractivity contribution in [2.75, 3.05) is 12.4 Å². The number of imidazole rings is 1. The first kappa shape index (κ1) is 20.6. The molecule has 2 unspecified atom stereocenters. The molecule has 2 aromatic rings. The van der Waals surface area contributed by atoms with E-state index in [1.54, 1.807) is 34.2 Å². The average molecular weight is 373 g/mol. The second-order valence-corrected chi connectivity index (χ2v) is 7.52. The van der Waals surface area contributed by atoms with E-state index < -0.39 is 17.2 Å². The number of nitrogens with one attached hydrogen (secondary N) is 1. The number of hydrogen-bond acceptors (Lipinski definition) is 6. The molecule has 2 heterocycles. The van der Waals surface area contributed by atoms with E-state index in [1.165, 1.54) is 6.33 Å². The topological polar surface area (TPSA) is 91.2 Å². The van der Waals surface area contributed by atoms with Crippen LogP contribution in [0.4, 0.5) is 10.6 Å². The van der Waals surface area contributed by atoms with Crippen LogP contribution in [0, 0.1) is 12.3 Å². The molecule has 2 aromatic heterocycles. The normalized spacial score (nSPS) is 15.0. The Morgan fingerprint density at radius 1 is 1.33 bits per heavy atom. The van der Waals surface area contributed by atoms with Crippen LogP contribution in [-0.4, -0.2) is 44.4 Å². The third-order valence-electron chi connectivity index (χ3n) is 4.21. The number of amides is 1. The summed E-state index contributed by atoms with van der Waals surface area (Å²) in [6.07, 6.45) is 9.65. The molecule has 2 atom stereocenters. The largest absolute Gasteiger partial charge is 0.444 e. The predicted molar refractivity (Wildman–Crippen MR) is 103 cm³/mol. The van der Waals surface area contributed by atoms with Crippen molar-refractivity contribution in [3.63, 3.8) is 0 Å². The molecular formula is C19H27N5O3. The Balaban J connectivity index is 2.39. The van der Waals surface area contributed by atoms with Gasteiger partial charge in [0.1, 0.15) is 17.5 Å². The van der Waals surface area contributed by atoms with E-state index in [9.17, 15) is 4.79 Å². The fraction of sp³-hybridized carbons (Fsp3) is 0.579. The summed E-state index contributed by atoms with van der Waals surface area (Å²) in [5.74, 6) is 3.10. The fourth-order valence-corrected chi connectivity index (χ4v) is 2.75. The molecule has 1 N–H and O–H groups in total. The Labute approximate surface area is 159 Å². The molecular weight excluding hydrogens is 346 g/mol. The van der Waals surface area contributed by atoms with Crippen molar-refractivity contribution in [2.24, 2.45) is 0 Å². The lowest BCUT2D eigenvalue weighted by atomic mass is 9.93. The van der Waals surface area contributed by atoms with Gasteiger partial charge in [-0.25, -0.2) is 19.7 Å². The number of hydrogen-bond donors (Lipinski definition) is 1. The van der Waals surface area contributed by atoms with Crippen molar-refractivity contribution in [1.82, 2.24) is 19.5 Å². The molecule has 0 bridgehead atoms. The van der Waals surface area contributed by atoms with Gasteiger partial charge >= 0.3 is 6.09 Å². The van der Waals surface area contributed by atoms with Crippen LogP contribution in [0.2, 0.25) is 0 Å². The minimum atomic E-state index is -0.691. The second-order valence-electron chi connectivity index (χ2n) is 7.52. The predicted octanol–water partition coefficient (Wildman–Crippen LogP) is 3.34. The van der Waals surface area contributed by atoms with Crippen molar-refractivity contribution in [3.05, 3.63) is 12.7 Å². The summed E-state index contributed by atoms with van der Waals surface area (Å²) in [6, 6.07) is 0. The van der Waals surface area contributed by atoms with Gasteiger partial charge in [0.25, 0.3) is 0 Å². The van der Waals surface area contributed by atoms with Crippen molar-refractivity contribution in [2.45, 2.75) is 64.7 Å². The zero-order valence-electron chi connectivity index (χ0n) is 16.7. The van der Waals surface area contributed by atoms with Gasteiger partial charge in [0.15, 0.2) is 17.0 Å². The third-order valence-corrected chi connectivity index (χ3v) is 4.21. The second kappa shape index (κ2) is 7.92. The Morgan fingerprint density at radius 3 is 2.59 bits per heavy atom. The summed E-state index contributed by atoms with van der Waals surface area (Å²) in [6.45, 7) is 9.33. The summed E-state index contributed by atoms with van der Waals surface area (Å²) in [7, 11) is 1.67. The van der Waals surface area contributed by atoms with E-state index in [1.807, 2.05) is 18.4 Å². The summed E-state index contributed by atoms with van der Waals surface area (Å²) in [5.41, 5.74) is -0.339. The zero-order valence-corrected chi connectivity index (χ0v) is 16.7. The number of aromatic nitrogens is 4. The molecule has 0 aliphatic carbocycles. The van der Waals surface area contributed by atoms with Gasteiger partial charge in [0.2, 0.25) is 0 Å². The number of nitrogens with zero attached hydrogens (tertiary/aromatic N) is 4. The van der Waals surface area contributed by atoms with E-state index in [2.05, 4.69) is 26.2 Å². The monoisotopic (exact) mass is 373 g/mol. The van der Waals surface area contributed by atoms with Gasteiger partial charge in [-0.3, -0.25) is 9.88 Å². The van der Waals surface area contributed by atoms with Crippen LogP contribution in [0.15, 0.2) is 12.7 Å². The average Bonchev–Trinajstić information content (AvgIpc) is 3.03. The number of carbonyl (C=O) groups excluding carboxylic acids is 1. The van der Waals surface area contributed by atoms with E-state index in [0.717, 1.165) is 6.42 Å². The first-order valence-electron chi connectivity index (χ1n) is 8.82. The molecule has 2 rings (SSSR count). The molecule has 0 saturated carbocycles. The molecule has 0 aromatic carbocycles. The highest BCUT2D eigenvalue weighted by atomic mass is 16.6. The first-order valence-corrected chi connectivity index (χ1v) is 8.82. The molecule has 27 heavy (non-hydrogen) atoms. The maximum Gasteiger partial charge on any atom is 0.413 e. The summed E-state index contributed by atoms with van der Waals surface area (Å²) in [5, 5.41) is 2.62. The molecule has 0 aliphatic rings. The summed E-state index contributed by atoms with van der Waals surface area (Å²) < 4.78 is 12.6. The number of methoxy groups -OCH3 is 1. The minimum Gasteiger partial charge on any atom is -0.444 e. The SMILES string of the molecule is C#CC(C)(CC(CC)OC)n1cnc2c(NC(=O)OC(C)(C)C)ncnc21. The van der Waals surface area contributed by atoms with Crippen LogP contribution in [0.3, 0.4) is 0 Å². The molecule has 8 nitrogen and oxygen atoms in total. The molecule has 1 amide bonds. The smallest absolute Gasteiger partial charge is 0.413 e. The number of terminal acetylenes is 1. The van der Waals surface area contributed by atoms with Crippen molar-refractivity contribution in [1.29, 1.82) is 0 Å². The van der Waals surface area contributed by atoms with Gasteiger partial charge < -0.3 is 9.47 Å². The molecule has 0 saturated heterocycles. The Hall–Kier alpha value is -2.66. The summed E-state index contributed by atoms with van der Waals surface area (Å²) in [4.78, 5) is 24.9. The number of carbonyl (C=O) groups is 1. The van der Waals surface area contributed by atoms with Crippen molar-refractivity contribution >= 4 is 23.1 Å². The van der Waals surface area contributed by atoms with Crippen LogP contribution in [0.1, 0.15) is 47.5 Å². The lowest BCUT2D eigenvalue weighted by Gasteiger charge is -2.29. The van der Waals surface area contributed by atoms with Crippen molar-refractivity contribution < 1.29 is 14.3 Å². The highest BCUT2D eigenvalue weighted by Gasteiger charge is 2.30. The fourth-order valence-electron chi connectivity index (χ4n) is 2.75. The molecule has 0 radical (unpaired) electrons. The Bertz CT molecular complexity index is 845. The minimum absolute atomic E-state index is 0.00435. The van der Waals surface area contributed by atoms with Crippen LogP contribution in [0.25, 0.3) is 11.2 Å². The van der Waals surface area contributed by atoms with Gasteiger partial charge in [-0.15, -0.1) is 6.42 Å². The van der Waals surface area contributed by atoms with Gasteiger partial charge in [-0.05, 0) is 34.1 Å². The molecule has 0 spiro atoms. The van der Waals surface area contributed by atoms with Gasteiger partial charge in [-0.2, -0.15) is 0 Å². The number of rotatable bonds is 6. The summed E-state index contributed by atoms with van der Waals surface area (Å²) >= 11 is 0. The van der Waals surface area contributed by atoms with E-state index >= 15 is 0 Å². The lowest BCUT2D eigenvalue weighted by molar-refractivity contribution is 0.0635. The quantitative estimate of drug-likeness (QED) is 0.781. The van der Waals surface area contributed by atoms with Gasteiger partial charge in [0, 0.05) is 13.5 Å². The molecule has 0 aliphatic heterocycles. The Morgan fingerprint density at radius 2 is 2.04 bits per heavy atom. The first-order chi connectivity index (χ1) is 12.6. The zero-order chi connectivity index (χ0) is 20.2. The lowest BCUT2D eigenvalue weighted by Crippen LogP contribution is -2.33. The third kappa shape index (κ3) is 4.74. The highest BCUT2D eigenvalue weighted by Crippen LogP contribution is 2.29. The van der Waals surface area contributed by atoms with E-state index in [4.69, 9.17) is 15.9 Å². The standard InChI is InChI=1S/C19H27N5O3/c1-8-13(26-7)10-19(6,9-2)24-12-22-14-15(20-11-21-16(14)24)23-17(25)27-18(3,4)5/h2,11-13H,8,10H2,1,3-7H3,(H,20,21,23,25). The van der Waals surface area contributed by atoms with E-state index in [0.29, 0.717) is 17.6 Å². The number of anilines is 1.